The predicted molar refractivity (Wildman–Crippen MR) is 85.4 cm³/mol. The van der Waals surface area contributed by atoms with Crippen LogP contribution in [0.15, 0.2) is 16.8 Å². The number of aromatic nitrogens is 4. The molecule has 0 radical (unpaired) electrons. The molecule has 3 aromatic rings. The Kier molecular flexibility index (Phi) is 4.04. The highest BCUT2D eigenvalue weighted by atomic mass is 35.5. The second-order valence-electron chi connectivity index (χ2n) is 5.20. The van der Waals surface area contributed by atoms with E-state index in [1.807, 2.05) is 6.92 Å². The molecule has 0 aromatic carbocycles. The summed E-state index contributed by atoms with van der Waals surface area (Å²) >= 11 is 6.11. The lowest BCUT2D eigenvalue weighted by atomic mass is 10.1. The fourth-order valence-corrected chi connectivity index (χ4v) is 2.70. The van der Waals surface area contributed by atoms with Gasteiger partial charge < -0.3 is 9.84 Å². The fraction of sp³-hybridized carbons (Fsp3) is 0.333. The standard InChI is InChI=1S/C15H16ClN5O2/c1-4-21-12(11(16)6-18-21)7-17-14(22)10-5-8(2)19-15-13(10)9(3)20-23-15/h5-6H,4,7H2,1-3H3,(H,17,22). The number of hydrogen-bond acceptors (Lipinski definition) is 5. The van der Waals surface area contributed by atoms with E-state index in [2.05, 4.69) is 20.6 Å². The van der Waals surface area contributed by atoms with E-state index in [9.17, 15) is 4.79 Å². The number of halogens is 1. The third-order valence-electron chi connectivity index (χ3n) is 3.60. The van der Waals surface area contributed by atoms with Gasteiger partial charge in [0.1, 0.15) is 0 Å². The quantitative estimate of drug-likeness (QED) is 0.793. The molecule has 23 heavy (non-hydrogen) atoms. The van der Waals surface area contributed by atoms with Crippen LogP contribution in [-0.2, 0) is 13.1 Å². The van der Waals surface area contributed by atoms with Gasteiger partial charge in [0.25, 0.3) is 11.6 Å². The topological polar surface area (TPSA) is 85.8 Å². The van der Waals surface area contributed by atoms with Crippen molar-refractivity contribution in [1.29, 1.82) is 0 Å². The first-order valence-corrected chi connectivity index (χ1v) is 7.61. The normalized spacial score (nSPS) is 11.1. The van der Waals surface area contributed by atoms with Crippen molar-refractivity contribution in [2.24, 2.45) is 0 Å². The van der Waals surface area contributed by atoms with E-state index in [1.54, 1.807) is 30.8 Å². The minimum absolute atomic E-state index is 0.230. The average molecular weight is 334 g/mol. The highest BCUT2D eigenvalue weighted by Crippen LogP contribution is 2.22. The number of amides is 1. The Morgan fingerprint density at radius 3 is 2.96 bits per heavy atom. The Labute approximate surface area is 137 Å². The molecule has 0 unspecified atom stereocenters. The maximum atomic E-state index is 12.6. The molecule has 0 saturated heterocycles. The molecule has 0 bridgehead atoms. The summed E-state index contributed by atoms with van der Waals surface area (Å²) < 4.78 is 6.90. The summed E-state index contributed by atoms with van der Waals surface area (Å²) in [4.78, 5) is 16.8. The van der Waals surface area contributed by atoms with Crippen LogP contribution < -0.4 is 5.32 Å². The van der Waals surface area contributed by atoms with E-state index in [4.69, 9.17) is 16.1 Å². The summed E-state index contributed by atoms with van der Waals surface area (Å²) in [7, 11) is 0. The van der Waals surface area contributed by atoms with Crippen molar-refractivity contribution in [3.05, 3.63) is 39.9 Å². The summed E-state index contributed by atoms with van der Waals surface area (Å²) in [5, 5.41) is 12.1. The van der Waals surface area contributed by atoms with Crippen molar-refractivity contribution >= 4 is 28.6 Å². The molecule has 3 rings (SSSR count). The van der Waals surface area contributed by atoms with E-state index < -0.39 is 0 Å². The number of fused-ring (bicyclic) bond motifs is 1. The van der Waals surface area contributed by atoms with Crippen molar-refractivity contribution in [1.82, 2.24) is 25.2 Å². The molecule has 7 nitrogen and oxygen atoms in total. The molecule has 1 N–H and O–H groups in total. The average Bonchev–Trinajstić information content (AvgIpc) is 3.07. The number of aryl methyl sites for hydroxylation is 3. The van der Waals surface area contributed by atoms with Gasteiger partial charge in [-0.15, -0.1) is 0 Å². The number of carbonyl (C=O) groups excluding carboxylic acids is 1. The van der Waals surface area contributed by atoms with Crippen molar-refractivity contribution < 1.29 is 9.32 Å². The molecule has 0 aliphatic carbocycles. The van der Waals surface area contributed by atoms with E-state index in [0.717, 1.165) is 5.69 Å². The molecular weight excluding hydrogens is 318 g/mol. The Morgan fingerprint density at radius 2 is 2.22 bits per heavy atom. The van der Waals surface area contributed by atoms with Gasteiger partial charge in [0.15, 0.2) is 0 Å². The summed E-state index contributed by atoms with van der Waals surface area (Å²) in [5.74, 6) is -0.230. The van der Waals surface area contributed by atoms with Gasteiger partial charge in [0.2, 0.25) is 0 Å². The number of nitrogens with one attached hydrogen (secondary N) is 1. The zero-order valence-electron chi connectivity index (χ0n) is 13.1. The van der Waals surface area contributed by atoms with Gasteiger partial charge in [0, 0.05) is 12.2 Å². The van der Waals surface area contributed by atoms with Crippen molar-refractivity contribution in [3.63, 3.8) is 0 Å². The van der Waals surface area contributed by atoms with Gasteiger partial charge in [-0.1, -0.05) is 16.8 Å². The van der Waals surface area contributed by atoms with E-state index in [1.165, 1.54) is 0 Å². The van der Waals surface area contributed by atoms with Crippen molar-refractivity contribution in [2.45, 2.75) is 33.9 Å². The highest BCUT2D eigenvalue weighted by Gasteiger charge is 2.18. The molecule has 0 saturated carbocycles. The largest absolute Gasteiger partial charge is 0.346 e. The Balaban J connectivity index is 1.89. The monoisotopic (exact) mass is 333 g/mol. The third kappa shape index (κ3) is 2.79. The highest BCUT2D eigenvalue weighted by molar-refractivity contribution is 6.31. The van der Waals surface area contributed by atoms with Crippen LogP contribution in [0.4, 0.5) is 0 Å². The molecule has 0 atom stereocenters. The van der Waals surface area contributed by atoms with Gasteiger partial charge in [-0.3, -0.25) is 9.48 Å². The molecule has 0 aliphatic heterocycles. The van der Waals surface area contributed by atoms with E-state index in [0.29, 0.717) is 46.2 Å². The number of nitrogens with zero attached hydrogens (tertiary/aromatic N) is 4. The molecule has 0 fully saturated rings. The third-order valence-corrected chi connectivity index (χ3v) is 3.92. The number of carbonyl (C=O) groups is 1. The lowest BCUT2D eigenvalue weighted by Gasteiger charge is -2.09. The lowest BCUT2D eigenvalue weighted by molar-refractivity contribution is 0.0951. The first kappa shape index (κ1) is 15.5. The molecule has 120 valence electrons. The van der Waals surface area contributed by atoms with Gasteiger partial charge in [-0.25, -0.2) is 4.98 Å². The first-order valence-electron chi connectivity index (χ1n) is 7.23. The second kappa shape index (κ2) is 6.00. The van der Waals surface area contributed by atoms with Gasteiger partial charge >= 0.3 is 0 Å². The molecule has 1 amide bonds. The minimum Gasteiger partial charge on any atom is -0.346 e. The van der Waals surface area contributed by atoms with Gasteiger partial charge in [0.05, 0.1) is 40.1 Å². The van der Waals surface area contributed by atoms with Crippen LogP contribution in [0.2, 0.25) is 5.02 Å². The second-order valence-corrected chi connectivity index (χ2v) is 5.60. The zero-order chi connectivity index (χ0) is 16.6. The predicted octanol–water partition coefficient (Wildman–Crippen LogP) is 2.64. The van der Waals surface area contributed by atoms with Crippen LogP contribution >= 0.6 is 11.6 Å². The van der Waals surface area contributed by atoms with Crippen LogP contribution in [-0.4, -0.2) is 25.8 Å². The molecule has 8 heteroatoms. The maximum Gasteiger partial charge on any atom is 0.258 e. The minimum atomic E-state index is -0.230. The van der Waals surface area contributed by atoms with Crippen molar-refractivity contribution in [3.8, 4) is 0 Å². The lowest BCUT2D eigenvalue weighted by Crippen LogP contribution is -2.25. The summed E-state index contributed by atoms with van der Waals surface area (Å²) in [6.07, 6.45) is 1.57. The van der Waals surface area contributed by atoms with E-state index in [-0.39, 0.29) is 5.91 Å². The number of pyridine rings is 1. The van der Waals surface area contributed by atoms with Crippen LogP contribution in [0.3, 0.4) is 0 Å². The Bertz CT molecular complexity index is 884. The van der Waals surface area contributed by atoms with Crippen LogP contribution in [0.1, 0.15) is 34.4 Å². The smallest absolute Gasteiger partial charge is 0.258 e. The fourth-order valence-electron chi connectivity index (χ4n) is 2.49. The number of rotatable bonds is 4. The molecular formula is C15H16ClN5O2. The molecule has 3 heterocycles. The summed E-state index contributed by atoms with van der Waals surface area (Å²) in [6.45, 7) is 6.52. The SMILES string of the molecule is CCn1ncc(Cl)c1CNC(=O)c1cc(C)nc2onc(C)c12. The first-order chi connectivity index (χ1) is 11.0. The van der Waals surface area contributed by atoms with Crippen LogP contribution in [0.5, 0.6) is 0 Å². The maximum absolute atomic E-state index is 12.6. The van der Waals surface area contributed by atoms with Crippen molar-refractivity contribution in [2.75, 3.05) is 0 Å². The Morgan fingerprint density at radius 1 is 1.43 bits per heavy atom. The van der Waals surface area contributed by atoms with Gasteiger partial charge in [-0.2, -0.15) is 5.10 Å². The zero-order valence-corrected chi connectivity index (χ0v) is 13.8. The molecule has 0 spiro atoms. The van der Waals surface area contributed by atoms with Crippen LogP contribution in [0.25, 0.3) is 11.1 Å². The number of hydrogen-bond donors (Lipinski definition) is 1. The Hall–Kier alpha value is -2.41. The molecule has 0 aliphatic rings. The van der Waals surface area contributed by atoms with Gasteiger partial charge in [-0.05, 0) is 26.8 Å². The summed E-state index contributed by atoms with van der Waals surface area (Å²) in [5.41, 5.74) is 2.95. The summed E-state index contributed by atoms with van der Waals surface area (Å²) in [6, 6.07) is 1.72. The van der Waals surface area contributed by atoms with Crippen LogP contribution in [0, 0.1) is 13.8 Å². The van der Waals surface area contributed by atoms with E-state index >= 15 is 0 Å². The molecule has 3 aromatic heterocycles.